The van der Waals surface area contributed by atoms with Crippen LogP contribution in [0.1, 0.15) is 22.3 Å². The summed E-state index contributed by atoms with van der Waals surface area (Å²) in [5, 5.41) is 0. The Balaban J connectivity index is 2.22. The molecular formula is C25H26O5S2. The third-order valence-electron chi connectivity index (χ3n) is 5.45. The second-order valence-electron chi connectivity index (χ2n) is 7.71. The molecule has 3 rings (SSSR count). The molecule has 0 aromatic heterocycles. The van der Waals surface area contributed by atoms with Crippen LogP contribution in [0.3, 0.4) is 0 Å². The van der Waals surface area contributed by atoms with Gasteiger partial charge in [-0.2, -0.15) is 0 Å². The van der Waals surface area contributed by atoms with Gasteiger partial charge in [0.05, 0.1) is 14.7 Å². The number of rotatable bonds is 7. The molecule has 0 bridgehead atoms. The van der Waals surface area contributed by atoms with Crippen molar-refractivity contribution in [3.8, 4) is 5.75 Å². The van der Waals surface area contributed by atoms with Crippen LogP contribution >= 0.6 is 0 Å². The molecule has 0 atom stereocenters. The van der Waals surface area contributed by atoms with E-state index in [9.17, 15) is 16.8 Å². The fraction of sp³-hybridized carbons (Fsp3) is 0.200. The van der Waals surface area contributed by atoms with Crippen molar-refractivity contribution in [2.24, 2.45) is 0 Å². The quantitative estimate of drug-likeness (QED) is 0.446. The van der Waals surface area contributed by atoms with Crippen molar-refractivity contribution in [2.75, 3.05) is 6.61 Å². The lowest BCUT2D eigenvalue weighted by Crippen LogP contribution is -2.09. The van der Waals surface area contributed by atoms with Gasteiger partial charge in [0, 0.05) is 0 Å². The molecule has 0 unspecified atom stereocenters. The van der Waals surface area contributed by atoms with Gasteiger partial charge in [-0.05, 0) is 92.4 Å². The molecule has 3 aromatic rings. The highest BCUT2D eigenvalue weighted by molar-refractivity contribution is 7.92. The number of benzene rings is 3. The van der Waals surface area contributed by atoms with Crippen molar-refractivity contribution in [1.82, 2.24) is 0 Å². The zero-order valence-corrected chi connectivity index (χ0v) is 20.2. The Morgan fingerprint density at radius 2 is 1.16 bits per heavy atom. The average molecular weight is 471 g/mol. The van der Waals surface area contributed by atoms with Crippen LogP contribution in [0.2, 0.25) is 0 Å². The van der Waals surface area contributed by atoms with E-state index in [0.29, 0.717) is 0 Å². The number of ether oxygens (including phenoxy) is 1. The van der Waals surface area contributed by atoms with Crippen LogP contribution in [0.15, 0.2) is 86.8 Å². The minimum atomic E-state index is -4.04. The molecule has 7 heteroatoms. The minimum absolute atomic E-state index is 0.0714. The summed E-state index contributed by atoms with van der Waals surface area (Å²) in [4.78, 5) is -0.138. The van der Waals surface area contributed by atoms with Crippen LogP contribution in [0.4, 0.5) is 0 Å². The number of hydrogen-bond donors (Lipinski definition) is 0. The van der Waals surface area contributed by atoms with E-state index in [1.54, 1.807) is 24.3 Å². The van der Waals surface area contributed by atoms with Crippen LogP contribution in [0.5, 0.6) is 5.75 Å². The molecule has 0 saturated heterocycles. The molecule has 5 nitrogen and oxygen atoms in total. The van der Waals surface area contributed by atoms with E-state index in [-0.39, 0.29) is 31.9 Å². The van der Waals surface area contributed by atoms with Gasteiger partial charge < -0.3 is 4.74 Å². The van der Waals surface area contributed by atoms with E-state index in [1.165, 1.54) is 36.4 Å². The van der Waals surface area contributed by atoms with Crippen LogP contribution in [0.25, 0.3) is 0 Å². The molecule has 0 radical (unpaired) electrons. The first-order valence-corrected chi connectivity index (χ1v) is 13.0. The lowest BCUT2D eigenvalue weighted by molar-refractivity contribution is 0.353. The fourth-order valence-electron chi connectivity index (χ4n) is 3.16. The Hall–Kier alpha value is -2.90. The molecule has 0 heterocycles. The van der Waals surface area contributed by atoms with Crippen LogP contribution in [-0.4, -0.2) is 23.4 Å². The van der Waals surface area contributed by atoms with Gasteiger partial charge in [0.25, 0.3) is 0 Å². The number of sulfone groups is 2. The highest BCUT2D eigenvalue weighted by Crippen LogP contribution is 2.34. The molecule has 3 aromatic carbocycles. The van der Waals surface area contributed by atoms with Gasteiger partial charge in [0.2, 0.25) is 19.7 Å². The van der Waals surface area contributed by atoms with Gasteiger partial charge in [-0.1, -0.05) is 24.8 Å². The lowest BCUT2D eigenvalue weighted by Gasteiger charge is -2.14. The molecular weight excluding hydrogens is 444 g/mol. The molecule has 0 aliphatic heterocycles. The Bertz CT molecular complexity index is 1400. The Morgan fingerprint density at radius 3 is 1.66 bits per heavy atom. The van der Waals surface area contributed by atoms with Gasteiger partial charge in [-0.15, -0.1) is 0 Å². The zero-order valence-electron chi connectivity index (χ0n) is 18.5. The molecule has 0 fully saturated rings. The van der Waals surface area contributed by atoms with Gasteiger partial charge in [0.1, 0.15) is 17.3 Å². The molecule has 0 aliphatic carbocycles. The second kappa shape index (κ2) is 8.92. The highest BCUT2D eigenvalue weighted by Gasteiger charge is 2.27. The van der Waals surface area contributed by atoms with Crippen molar-refractivity contribution in [2.45, 2.75) is 47.3 Å². The monoisotopic (exact) mass is 470 g/mol. The summed E-state index contributed by atoms with van der Waals surface area (Å²) in [5.74, 6) is 0.0714. The van der Waals surface area contributed by atoms with Crippen LogP contribution in [0, 0.1) is 27.7 Å². The average Bonchev–Trinajstić information content (AvgIpc) is 2.75. The predicted octanol–water partition coefficient (Wildman–Crippen LogP) is 5.15. The number of hydrogen-bond acceptors (Lipinski definition) is 5. The first kappa shape index (κ1) is 23.8. The zero-order chi connectivity index (χ0) is 23.7. The lowest BCUT2D eigenvalue weighted by atomic mass is 10.1. The van der Waals surface area contributed by atoms with E-state index in [1.807, 2.05) is 27.7 Å². The van der Waals surface area contributed by atoms with Gasteiger partial charge in [0.15, 0.2) is 0 Å². The Kier molecular flexibility index (Phi) is 6.62. The van der Waals surface area contributed by atoms with Crippen molar-refractivity contribution in [3.05, 3.63) is 89.5 Å². The first-order valence-electron chi connectivity index (χ1n) is 10.0. The third-order valence-corrected chi connectivity index (χ3v) is 8.97. The van der Waals surface area contributed by atoms with E-state index >= 15 is 0 Å². The SMILES string of the molecule is C=CCOc1ccc(S(=O)(=O)c2ccc(C)c(C)c2)cc1S(=O)(=O)c1ccc(C)c(C)c1. The van der Waals surface area contributed by atoms with Crippen molar-refractivity contribution in [1.29, 1.82) is 0 Å². The summed E-state index contributed by atoms with van der Waals surface area (Å²) < 4.78 is 59.1. The van der Waals surface area contributed by atoms with Crippen LogP contribution in [-0.2, 0) is 19.7 Å². The van der Waals surface area contributed by atoms with E-state index in [4.69, 9.17) is 4.74 Å². The summed E-state index contributed by atoms with van der Waals surface area (Å²) in [7, 11) is -7.98. The molecule has 32 heavy (non-hydrogen) atoms. The standard InChI is InChI=1S/C25H26O5S2/c1-6-13-30-24-12-11-23(31(26,27)21-9-7-17(2)19(4)14-21)16-25(24)32(28,29)22-10-8-18(3)20(5)15-22/h6-12,14-16H,1,13H2,2-5H3. The molecule has 0 N–H and O–H groups in total. The normalized spacial score (nSPS) is 11.9. The topological polar surface area (TPSA) is 77.5 Å². The Labute approximate surface area is 190 Å². The van der Waals surface area contributed by atoms with E-state index in [2.05, 4.69) is 6.58 Å². The predicted molar refractivity (Wildman–Crippen MR) is 125 cm³/mol. The maximum Gasteiger partial charge on any atom is 0.210 e. The summed E-state index contributed by atoms with van der Waals surface area (Å²) in [6.07, 6.45) is 1.49. The van der Waals surface area contributed by atoms with Crippen molar-refractivity contribution < 1.29 is 21.6 Å². The maximum absolute atomic E-state index is 13.5. The van der Waals surface area contributed by atoms with Gasteiger partial charge in [-0.3, -0.25) is 0 Å². The summed E-state index contributed by atoms with van der Waals surface area (Å²) in [6, 6.07) is 13.6. The second-order valence-corrected chi connectivity index (χ2v) is 11.6. The van der Waals surface area contributed by atoms with Gasteiger partial charge in [-0.25, -0.2) is 16.8 Å². The molecule has 0 saturated carbocycles. The smallest absolute Gasteiger partial charge is 0.210 e. The minimum Gasteiger partial charge on any atom is -0.488 e. The van der Waals surface area contributed by atoms with E-state index in [0.717, 1.165) is 22.3 Å². The van der Waals surface area contributed by atoms with Crippen LogP contribution < -0.4 is 4.74 Å². The first-order chi connectivity index (χ1) is 15.0. The molecule has 0 aliphatic rings. The molecule has 0 spiro atoms. The maximum atomic E-state index is 13.5. The summed E-state index contributed by atoms with van der Waals surface area (Å²) >= 11 is 0. The fourth-order valence-corrected chi connectivity index (χ4v) is 6.11. The highest BCUT2D eigenvalue weighted by atomic mass is 32.2. The van der Waals surface area contributed by atoms with Gasteiger partial charge >= 0.3 is 0 Å². The summed E-state index contributed by atoms with van der Waals surface area (Å²) in [5.41, 5.74) is 3.58. The van der Waals surface area contributed by atoms with Crippen molar-refractivity contribution >= 4 is 19.7 Å². The third kappa shape index (κ3) is 4.49. The van der Waals surface area contributed by atoms with E-state index < -0.39 is 19.7 Å². The molecule has 168 valence electrons. The summed E-state index contributed by atoms with van der Waals surface area (Å²) in [6.45, 7) is 11.1. The largest absolute Gasteiger partial charge is 0.488 e. The Morgan fingerprint density at radius 1 is 0.688 bits per heavy atom. The van der Waals surface area contributed by atoms with Crippen molar-refractivity contribution in [3.63, 3.8) is 0 Å². The molecule has 0 amide bonds. The number of aryl methyl sites for hydroxylation is 4.